The molecule has 3 aromatic rings. The van der Waals surface area contributed by atoms with E-state index in [0.29, 0.717) is 5.69 Å². The molecule has 0 spiro atoms. The zero-order valence-corrected chi connectivity index (χ0v) is 14.0. The molecule has 9 heteroatoms. The first-order valence-corrected chi connectivity index (χ1v) is 7.82. The second kappa shape index (κ2) is 7.20. The second-order valence-electron chi connectivity index (χ2n) is 5.66. The molecule has 1 aromatic heterocycles. The lowest BCUT2D eigenvalue weighted by molar-refractivity contribution is -0.680. The molecule has 1 atom stereocenters. The van der Waals surface area contributed by atoms with Crippen molar-refractivity contribution in [3.63, 3.8) is 0 Å². The molecule has 0 aliphatic carbocycles. The quantitative estimate of drug-likeness (QED) is 0.430. The van der Waals surface area contributed by atoms with E-state index >= 15 is 0 Å². The van der Waals surface area contributed by atoms with Crippen molar-refractivity contribution in [1.29, 1.82) is 0 Å². The highest BCUT2D eigenvalue weighted by Crippen LogP contribution is 2.32. The van der Waals surface area contributed by atoms with Gasteiger partial charge in [-0.3, -0.25) is 4.52 Å². The maximum Gasteiger partial charge on any atom is 0.416 e. The monoisotopic (exact) mass is 377 g/mol. The van der Waals surface area contributed by atoms with Crippen molar-refractivity contribution in [3.05, 3.63) is 71.4 Å². The van der Waals surface area contributed by atoms with E-state index in [1.165, 1.54) is 11.6 Å². The zero-order chi connectivity index (χ0) is 19.6. The predicted molar refractivity (Wildman–Crippen MR) is 86.3 cm³/mol. The Balaban J connectivity index is 2.08. The van der Waals surface area contributed by atoms with Crippen LogP contribution in [0, 0.1) is 0 Å². The molecule has 3 rings (SSSR count). The maximum atomic E-state index is 12.7. The largest absolute Gasteiger partial charge is 0.862 e. The third kappa shape index (κ3) is 3.98. The van der Waals surface area contributed by atoms with E-state index in [0.717, 1.165) is 24.3 Å². The molecule has 27 heavy (non-hydrogen) atoms. The topological polar surface area (TPSA) is 85.6 Å². The summed E-state index contributed by atoms with van der Waals surface area (Å²) in [6.45, 7) is 1.20. The minimum atomic E-state index is -4.49. The third-order valence-electron chi connectivity index (χ3n) is 3.73. The zero-order valence-electron chi connectivity index (χ0n) is 14.0. The normalized spacial score (nSPS) is 13.6. The summed E-state index contributed by atoms with van der Waals surface area (Å²) >= 11 is 0. The smallest absolute Gasteiger partial charge is 0.416 e. The number of benzene rings is 2. The Morgan fingerprint density at radius 1 is 1.15 bits per heavy atom. The summed E-state index contributed by atoms with van der Waals surface area (Å²) in [6, 6.07) is 12.6. The minimum Gasteiger partial charge on any atom is -0.862 e. The molecule has 1 heterocycles. The van der Waals surface area contributed by atoms with Gasteiger partial charge in [0.1, 0.15) is 0 Å². The minimum absolute atomic E-state index is 0.0242. The van der Waals surface area contributed by atoms with Crippen LogP contribution in [0.5, 0.6) is 0 Å². The van der Waals surface area contributed by atoms with Gasteiger partial charge in [0.15, 0.2) is 6.10 Å². The van der Waals surface area contributed by atoms with Crippen molar-refractivity contribution in [3.8, 4) is 5.69 Å². The SMILES string of the molecule is C/C([O-])=N/c1on[n+](-c2ccccc2)c1C(O)c1ccc(C(F)(F)F)cc1. The number of aliphatic imine (C=N–C) groups is 1. The van der Waals surface area contributed by atoms with Crippen molar-refractivity contribution >= 4 is 11.8 Å². The standard InChI is InChI=1S/C18H14F3N3O3/c1-11(25)22-17-15(24(23-27-17)14-5-3-2-4-6-14)16(26)12-7-9-13(10-8-12)18(19,20)21/h2-10,16,26H,1H3. The van der Waals surface area contributed by atoms with Crippen LogP contribution in [0.3, 0.4) is 0 Å². The molecule has 1 unspecified atom stereocenters. The summed E-state index contributed by atoms with van der Waals surface area (Å²) < 4.78 is 44.5. The summed E-state index contributed by atoms with van der Waals surface area (Å²) in [5.74, 6) is -0.800. The van der Waals surface area contributed by atoms with Gasteiger partial charge >= 0.3 is 17.8 Å². The highest BCUT2D eigenvalue weighted by Gasteiger charge is 2.35. The molecule has 0 aliphatic rings. The van der Waals surface area contributed by atoms with Gasteiger partial charge in [0.2, 0.25) is 11.0 Å². The van der Waals surface area contributed by atoms with Gasteiger partial charge in [-0.1, -0.05) is 30.3 Å². The molecule has 0 radical (unpaired) electrons. The predicted octanol–water partition coefficient (Wildman–Crippen LogP) is 2.46. The molecule has 1 N–H and O–H groups in total. The molecule has 2 aromatic carbocycles. The molecule has 0 saturated carbocycles. The van der Waals surface area contributed by atoms with Crippen molar-refractivity contribution < 1.29 is 32.6 Å². The van der Waals surface area contributed by atoms with Gasteiger partial charge in [-0.2, -0.15) is 13.2 Å². The van der Waals surface area contributed by atoms with E-state index in [4.69, 9.17) is 4.52 Å². The molecule has 140 valence electrons. The van der Waals surface area contributed by atoms with E-state index in [9.17, 15) is 23.4 Å². The Morgan fingerprint density at radius 3 is 2.33 bits per heavy atom. The number of aliphatic hydroxyl groups is 1. The Labute approximate surface area is 151 Å². The fourth-order valence-electron chi connectivity index (χ4n) is 2.48. The average molecular weight is 377 g/mol. The first-order valence-electron chi connectivity index (χ1n) is 7.82. The number of para-hydroxylation sites is 1. The van der Waals surface area contributed by atoms with Gasteiger partial charge in [0.25, 0.3) is 0 Å². The Kier molecular flexibility index (Phi) is 4.95. The van der Waals surface area contributed by atoms with E-state index in [1.54, 1.807) is 30.3 Å². The van der Waals surface area contributed by atoms with E-state index in [2.05, 4.69) is 10.3 Å². The number of hydrogen-bond acceptors (Lipinski definition) is 5. The Bertz CT molecular complexity index is 947. The van der Waals surface area contributed by atoms with Crippen LogP contribution in [0.15, 0.2) is 64.1 Å². The highest BCUT2D eigenvalue weighted by molar-refractivity contribution is 5.71. The number of aliphatic hydroxyl groups excluding tert-OH is 1. The average Bonchev–Trinajstić information content (AvgIpc) is 3.04. The van der Waals surface area contributed by atoms with Crippen molar-refractivity contribution in [1.82, 2.24) is 5.27 Å². The summed E-state index contributed by atoms with van der Waals surface area (Å²) in [4.78, 5) is 3.68. The van der Waals surface area contributed by atoms with Crippen LogP contribution < -0.4 is 9.79 Å². The molecule has 0 bridgehead atoms. The fraction of sp³-hybridized carbons (Fsp3) is 0.167. The number of halogens is 3. The molecule has 0 saturated heterocycles. The molecule has 0 aliphatic heterocycles. The van der Waals surface area contributed by atoms with E-state index < -0.39 is 23.7 Å². The summed E-state index contributed by atoms with van der Waals surface area (Å²) in [5, 5.41) is 25.9. The van der Waals surface area contributed by atoms with Crippen LogP contribution >= 0.6 is 0 Å². The van der Waals surface area contributed by atoms with Gasteiger partial charge in [-0.05, 0) is 35.2 Å². The number of alkyl halides is 3. The number of aromatic nitrogens is 2. The molecule has 0 amide bonds. The first-order chi connectivity index (χ1) is 12.8. The fourth-order valence-corrected chi connectivity index (χ4v) is 2.48. The number of rotatable bonds is 4. The van der Waals surface area contributed by atoms with Crippen LogP contribution in [-0.4, -0.2) is 16.3 Å². The lowest BCUT2D eigenvalue weighted by Gasteiger charge is -2.10. The highest BCUT2D eigenvalue weighted by atomic mass is 19.4. The van der Waals surface area contributed by atoms with Gasteiger partial charge in [-0.15, -0.1) is 0 Å². The number of nitrogens with zero attached hydrogens (tertiary/aromatic N) is 3. The van der Waals surface area contributed by atoms with Gasteiger partial charge in [0, 0.05) is 12.1 Å². The molecule has 0 fully saturated rings. The van der Waals surface area contributed by atoms with Gasteiger partial charge in [-0.25, -0.2) is 4.99 Å². The van der Waals surface area contributed by atoms with Gasteiger partial charge in [0.05, 0.1) is 5.56 Å². The van der Waals surface area contributed by atoms with Crippen molar-refractivity contribution in [2.24, 2.45) is 4.99 Å². The second-order valence-corrected chi connectivity index (χ2v) is 5.66. The van der Waals surface area contributed by atoms with Crippen LogP contribution in [0.1, 0.15) is 29.8 Å². The Morgan fingerprint density at radius 2 is 1.78 bits per heavy atom. The molecule has 6 nitrogen and oxygen atoms in total. The van der Waals surface area contributed by atoms with Crippen LogP contribution in [0.2, 0.25) is 0 Å². The van der Waals surface area contributed by atoms with E-state index in [1.807, 2.05) is 0 Å². The molecular formula is C18H14F3N3O3. The Hall–Kier alpha value is -3.20. The lowest BCUT2D eigenvalue weighted by Crippen LogP contribution is -2.38. The number of hydrogen-bond donors (Lipinski definition) is 1. The summed E-state index contributed by atoms with van der Waals surface area (Å²) in [5.41, 5.74) is -0.132. The van der Waals surface area contributed by atoms with Crippen LogP contribution in [0.4, 0.5) is 19.1 Å². The summed E-state index contributed by atoms with van der Waals surface area (Å²) in [6.07, 6.45) is -5.91. The summed E-state index contributed by atoms with van der Waals surface area (Å²) in [7, 11) is 0. The van der Waals surface area contributed by atoms with Gasteiger partial charge < -0.3 is 10.2 Å². The van der Waals surface area contributed by atoms with Crippen LogP contribution in [-0.2, 0) is 6.18 Å². The first kappa shape index (κ1) is 18.6. The lowest BCUT2D eigenvalue weighted by atomic mass is 10.0. The van der Waals surface area contributed by atoms with Crippen molar-refractivity contribution in [2.45, 2.75) is 19.2 Å². The van der Waals surface area contributed by atoms with Crippen molar-refractivity contribution in [2.75, 3.05) is 0 Å². The van der Waals surface area contributed by atoms with E-state index in [-0.39, 0.29) is 17.1 Å². The van der Waals surface area contributed by atoms with Crippen LogP contribution in [0.25, 0.3) is 5.69 Å². The maximum absolute atomic E-state index is 12.7. The third-order valence-corrected chi connectivity index (χ3v) is 3.73. The molecular weight excluding hydrogens is 363 g/mol.